The number of anilines is 4. The van der Waals surface area contributed by atoms with Gasteiger partial charge in [-0.05, 0) is 190 Å². The highest BCUT2D eigenvalue weighted by molar-refractivity contribution is 5.94. The summed E-state index contributed by atoms with van der Waals surface area (Å²) in [4.78, 5) is 110. The van der Waals surface area contributed by atoms with Gasteiger partial charge in [-0.3, -0.25) is 32.9 Å². The van der Waals surface area contributed by atoms with E-state index >= 15 is 8.78 Å². The first-order valence-electron chi connectivity index (χ1n) is 44.7. The molecule has 8 heterocycles. The molecule has 0 amide bonds. The Kier molecular flexibility index (Phi) is 26.5. The third kappa shape index (κ3) is 18.5. The molecule has 4 aromatic heterocycles. The molecule has 16 aromatic rings. The minimum absolute atomic E-state index is 0.000280. The summed E-state index contributed by atoms with van der Waals surface area (Å²) in [6, 6.07) is 80.1. The zero-order valence-electron chi connectivity index (χ0n) is 73.8. The maximum atomic E-state index is 15.2. The van der Waals surface area contributed by atoms with Crippen molar-refractivity contribution in [2.24, 2.45) is 35.0 Å². The second-order valence-electron chi connectivity index (χ2n) is 34.5. The second kappa shape index (κ2) is 39.3. The maximum Gasteiger partial charge on any atom is 0.350 e. The number of carboxylic acids is 1. The highest BCUT2D eigenvalue weighted by Gasteiger charge is 2.32. The first kappa shape index (κ1) is 90.4. The Bertz CT molecular complexity index is 7580. The number of aromatic carboxylic acids is 1. The highest BCUT2D eigenvalue weighted by Crippen LogP contribution is 2.40. The molecule has 13 N–H and O–H groups in total. The fraction of sp³-hybridized carbons (Fsp3) is 0.231. The van der Waals surface area contributed by atoms with Gasteiger partial charge in [0.25, 0.3) is 16.7 Å². The van der Waals surface area contributed by atoms with E-state index < -0.39 is 62.6 Å². The number of hydrogen-bond acceptors (Lipinski definition) is 19. The minimum Gasteiger partial charge on any atom is -0.492 e. The van der Waals surface area contributed by atoms with E-state index in [-0.39, 0.29) is 64.2 Å². The highest BCUT2D eigenvalue weighted by atomic mass is 19.1. The lowest BCUT2D eigenvalue weighted by Crippen LogP contribution is -2.45. The number of carbonyl (C=O) groups is 1. The molecular formula is C104H102F3N17O10. The van der Waals surface area contributed by atoms with E-state index in [0.717, 1.165) is 129 Å². The summed E-state index contributed by atoms with van der Waals surface area (Å²) in [6.45, 7) is 8.52. The van der Waals surface area contributed by atoms with E-state index in [1.54, 1.807) is 18.2 Å². The summed E-state index contributed by atoms with van der Waals surface area (Å²) in [7, 11) is 1.42. The zero-order chi connectivity index (χ0) is 93.7. The number of hydrogen-bond donors (Lipinski definition) is 7. The van der Waals surface area contributed by atoms with Crippen LogP contribution in [0, 0.1) is 35.2 Å². The zero-order valence-corrected chi connectivity index (χ0v) is 73.8. The number of pyridine rings is 1. The minimum atomic E-state index is -1.21. The lowest BCUT2D eigenvalue weighted by atomic mass is 10.0. The Hall–Kier alpha value is -15.5. The Balaban J connectivity index is 0.000000124. The van der Waals surface area contributed by atoms with Gasteiger partial charge in [0.1, 0.15) is 28.4 Å². The molecule has 0 aliphatic carbocycles. The summed E-state index contributed by atoms with van der Waals surface area (Å²) in [5.41, 5.74) is 26.4. The van der Waals surface area contributed by atoms with Crippen LogP contribution < -0.4 is 98.2 Å². The van der Waals surface area contributed by atoms with Crippen molar-refractivity contribution in [3.8, 4) is 39.1 Å². The fourth-order valence-corrected chi connectivity index (χ4v) is 18.6. The third-order valence-electron chi connectivity index (χ3n) is 26.0. The Labute approximate surface area is 766 Å². The molecule has 0 saturated carbocycles. The van der Waals surface area contributed by atoms with Crippen molar-refractivity contribution in [2.45, 2.75) is 58.3 Å². The van der Waals surface area contributed by atoms with E-state index in [1.165, 1.54) is 39.1 Å². The molecule has 27 nitrogen and oxygen atoms in total. The Morgan fingerprint density at radius 1 is 0.388 bits per heavy atom. The van der Waals surface area contributed by atoms with Crippen LogP contribution in [0.1, 0.15) is 64.7 Å². The predicted molar refractivity (Wildman–Crippen MR) is 525 cm³/mol. The number of methoxy groups -OCH3 is 1. The summed E-state index contributed by atoms with van der Waals surface area (Å²) in [5, 5.41) is 12.3. The molecule has 0 radical (unpaired) electrons. The van der Waals surface area contributed by atoms with Gasteiger partial charge in [-0.25, -0.2) is 32.3 Å². The SMILES string of the molecule is COc1c(N2CCCC2)c(F)cc2c(=O)n(N)c(=O)n(Cc3ccc(-c4ccccc4)cc3)c12.NC[C@@H]1CCN(c2cc3c(cc2F)c(=O)n(N)c(=O)n3Cc2ccc(-c3ccccc3)cc2)C1.NC[C@@H]1CCN(c2cc3c(cc2F)c(=O)n(N)c(=O)n3Cc2ccc3ccccc3c2)C1.NC[C@@H]1CCN(c2ccc3c(=O)c(C(=O)O)cn(Cc4ccc(-c5ccccc5)cc4)c3c2)C1. The van der Waals surface area contributed by atoms with Gasteiger partial charge >= 0.3 is 23.0 Å². The molecule has 0 unspecified atom stereocenters. The Morgan fingerprint density at radius 2 is 0.784 bits per heavy atom. The number of ether oxygens (including phenoxy) is 1. The normalized spacial score (nSPS) is 15.3. The number of nitrogens with zero attached hydrogens (tertiary/aromatic N) is 11. The molecule has 3 atom stereocenters. The standard InChI is InChI=1S/C28H27N3O3.C26H26FN5O2.C26H25FN4O3.C24H24FN5O2/c29-15-20-12-13-30(17-20)23-10-11-24-26(14-23)31(18-25(27(24)32)28(33)34)16-19-6-8-22(9-7-19)21-4-2-1-3-5-21;27-22-12-21-23(13-24(22)30-11-10-18(14-28)15-30)31(26(34)32(29)25(21)33)16-17-6-8-20(9-7-17)19-4-2-1-3-5-19;1-34-24-22-20(15-21(27)23(24)29-13-5-6-14-29)25(32)31(28)26(33)30(22)16-17-9-11-19(12-10-17)18-7-3-2-4-8-18;25-20-10-19-21(11-22(20)28-8-7-16(12-26)13-28)29(24(32)30(27)23(19)31)14-15-5-6-17-3-1-2-4-18(17)9-15/h1-11,14,18,20H,12-13,15-17,29H2,(H,33,34);1-9,12-13,18H,10-11,14-16,28-29H2;2-4,7-12,15H,5-6,13-14,16,28H2,1H3;1-6,9-11,16H,7-8,12-14,26-27H2/t20-;18-;;16-/m00.0/s1. The van der Waals surface area contributed by atoms with Crippen LogP contribution in [-0.2, 0) is 26.2 Å². The molecule has 20 rings (SSSR count). The molecule has 4 saturated heterocycles. The molecule has 0 spiro atoms. The smallest absolute Gasteiger partial charge is 0.350 e. The molecule has 12 aromatic carbocycles. The number of rotatable bonds is 20. The van der Waals surface area contributed by atoms with Crippen LogP contribution in [0.3, 0.4) is 0 Å². The first-order chi connectivity index (χ1) is 64.9. The molecular weight excluding hydrogens is 1700 g/mol. The third-order valence-corrected chi connectivity index (χ3v) is 26.0. The summed E-state index contributed by atoms with van der Waals surface area (Å²) >= 11 is 0. The molecule has 4 aliphatic heterocycles. The van der Waals surface area contributed by atoms with Crippen molar-refractivity contribution >= 4 is 83.1 Å². The van der Waals surface area contributed by atoms with E-state index in [9.17, 15) is 47.9 Å². The number of fused-ring (bicyclic) bond motifs is 5. The molecule has 4 aliphatic rings. The molecule has 0 bridgehead atoms. The van der Waals surface area contributed by atoms with Crippen molar-refractivity contribution in [3.05, 3.63) is 379 Å². The average Bonchev–Trinajstić information content (AvgIpc) is 0.919. The van der Waals surface area contributed by atoms with E-state index in [0.29, 0.717) is 119 Å². The summed E-state index contributed by atoms with van der Waals surface area (Å²) in [5.74, 6) is 15.8. The summed E-state index contributed by atoms with van der Waals surface area (Å²) < 4.78 is 58.6. The van der Waals surface area contributed by atoms with Gasteiger partial charge in [-0.15, -0.1) is 0 Å². The topological polar surface area (TPSA) is 370 Å². The van der Waals surface area contributed by atoms with Crippen LogP contribution in [-0.4, -0.2) is 122 Å². The molecule has 4 fully saturated rings. The molecule has 684 valence electrons. The van der Waals surface area contributed by atoms with Crippen LogP contribution in [0.15, 0.2) is 295 Å². The van der Waals surface area contributed by atoms with Crippen LogP contribution in [0.25, 0.3) is 87.8 Å². The quantitative estimate of drug-likeness (QED) is 0.0348. The van der Waals surface area contributed by atoms with Crippen molar-refractivity contribution in [1.29, 1.82) is 0 Å². The summed E-state index contributed by atoms with van der Waals surface area (Å²) in [6.07, 6.45) is 6.14. The lowest BCUT2D eigenvalue weighted by Gasteiger charge is -2.24. The van der Waals surface area contributed by atoms with E-state index in [4.69, 9.17) is 39.5 Å². The van der Waals surface area contributed by atoms with Gasteiger partial charge in [0.05, 0.1) is 70.8 Å². The van der Waals surface area contributed by atoms with Crippen molar-refractivity contribution in [1.82, 2.24) is 32.3 Å². The number of halogens is 3. The largest absolute Gasteiger partial charge is 0.492 e. The number of benzene rings is 12. The molecule has 134 heavy (non-hydrogen) atoms. The van der Waals surface area contributed by atoms with Gasteiger partial charge in [0, 0.05) is 76.2 Å². The fourth-order valence-electron chi connectivity index (χ4n) is 18.6. The number of nitrogens with two attached hydrogens (primary N) is 6. The van der Waals surface area contributed by atoms with Gasteiger partial charge in [0.15, 0.2) is 11.6 Å². The van der Waals surface area contributed by atoms with Crippen LogP contribution in [0.4, 0.5) is 35.9 Å². The van der Waals surface area contributed by atoms with Gasteiger partial charge in [-0.1, -0.05) is 200 Å². The van der Waals surface area contributed by atoms with Gasteiger partial charge in [0.2, 0.25) is 5.43 Å². The number of nitrogen functional groups attached to an aromatic ring is 3. The lowest BCUT2D eigenvalue weighted by molar-refractivity contribution is 0.0694. The van der Waals surface area contributed by atoms with Gasteiger partial charge in [-0.2, -0.15) is 14.0 Å². The van der Waals surface area contributed by atoms with Crippen LogP contribution in [0.5, 0.6) is 5.75 Å². The van der Waals surface area contributed by atoms with E-state index in [2.05, 4.69) is 29.2 Å². The first-order valence-corrected chi connectivity index (χ1v) is 44.7. The van der Waals surface area contributed by atoms with Crippen molar-refractivity contribution in [2.75, 3.05) is 116 Å². The molecule has 30 heteroatoms. The Morgan fingerprint density at radius 3 is 1.24 bits per heavy atom. The van der Waals surface area contributed by atoms with Crippen molar-refractivity contribution in [3.63, 3.8) is 0 Å². The monoisotopic (exact) mass is 1810 g/mol. The van der Waals surface area contributed by atoms with Gasteiger partial charge < -0.3 is 68.7 Å². The number of aromatic nitrogens is 7. The van der Waals surface area contributed by atoms with Crippen LogP contribution in [0.2, 0.25) is 0 Å². The van der Waals surface area contributed by atoms with E-state index in [1.807, 2.05) is 213 Å². The van der Waals surface area contributed by atoms with Crippen LogP contribution >= 0.6 is 0 Å². The average molecular weight is 1810 g/mol. The maximum absolute atomic E-state index is 15.2. The second-order valence-corrected chi connectivity index (χ2v) is 34.5. The number of carboxylic acid groups (broad SMARTS) is 1. The predicted octanol–water partition coefficient (Wildman–Crippen LogP) is 12.1. The van der Waals surface area contributed by atoms with Crippen molar-refractivity contribution < 1.29 is 27.8 Å².